The van der Waals surface area contributed by atoms with Crippen molar-refractivity contribution in [1.82, 2.24) is 4.72 Å². The average molecular weight is 306 g/mol. The lowest BCUT2D eigenvalue weighted by molar-refractivity contribution is 0.495. The number of rotatable bonds is 6. The maximum atomic E-state index is 12.4. The van der Waals surface area contributed by atoms with Crippen LogP contribution in [0.15, 0.2) is 29.2 Å². The summed E-state index contributed by atoms with van der Waals surface area (Å²) in [4.78, 5) is 0.287. The Kier molecular flexibility index (Phi) is 5.40. The molecular weight excluding hydrogens is 284 g/mol. The summed E-state index contributed by atoms with van der Waals surface area (Å²) in [5.74, 6) is 6.32. The number of sulfonamides is 1. The first kappa shape index (κ1) is 16.0. The van der Waals surface area contributed by atoms with Crippen LogP contribution in [0.25, 0.3) is 0 Å². The molecule has 1 unspecified atom stereocenters. The minimum atomic E-state index is -3.45. The Balaban J connectivity index is 2.06. The quantitative estimate of drug-likeness (QED) is 0.788. The third-order valence-electron chi connectivity index (χ3n) is 3.63. The van der Waals surface area contributed by atoms with E-state index in [0.717, 1.165) is 18.4 Å². The van der Waals surface area contributed by atoms with E-state index in [1.807, 2.05) is 6.92 Å². The zero-order chi connectivity index (χ0) is 15.3. The SMILES string of the molecule is CCC(CC1CC1)NS(=O)(=O)c1ccc(C#CCN)cc1. The van der Waals surface area contributed by atoms with E-state index in [4.69, 9.17) is 5.73 Å². The van der Waals surface area contributed by atoms with Crippen molar-refractivity contribution in [2.75, 3.05) is 6.54 Å². The van der Waals surface area contributed by atoms with Crippen LogP contribution in [0.1, 0.15) is 38.2 Å². The molecule has 0 aromatic heterocycles. The predicted octanol–water partition coefficient (Wildman–Crippen LogP) is 1.85. The Morgan fingerprint density at radius 3 is 2.52 bits per heavy atom. The molecule has 0 amide bonds. The summed E-state index contributed by atoms with van der Waals surface area (Å²) in [7, 11) is -3.45. The molecule has 1 aliphatic carbocycles. The smallest absolute Gasteiger partial charge is 0.240 e. The number of hydrogen-bond acceptors (Lipinski definition) is 3. The zero-order valence-electron chi connectivity index (χ0n) is 12.3. The molecule has 1 aromatic carbocycles. The van der Waals surface area contributed by atoms with Gasteiger partial charge in [0.2, 0.25) is 10.0 Å². The molecule has 5 heteroatoms. The van der Waals surface area contributed by atoms with E-state index in [2.05, 4.69) is 16.6 Å². The van der Waals surface area contributed by atoms with Gasteiger partial charge in [-0.3, -0.25) is 0 Å². The van der Waals surface area contributed by atoms with Gasteiger partial charge in [-0.2, -0.15) is 0 Å². The molecule has 0 aliphatic heterocycles. The van der Waals surface area contributed by atoms with Gasteiger partial charge in [-0.25, -0.2) is 13.1 Å². The van der Waals surface area contributed by atoms with Gasteiger partial charge in [0.25, 0.3) is 0 Å². The summed E-state index contributed by atoms with van der Waals surface area (Å²) in [6, 6.07) is 6.62. The third-order valence-corrected chi connectivity index (χ3v) is 5.17. The van der Waals surface area contributed by atoms with Crippen LogP contribution in [-0.2, 0) is 10.0 Å². The van der Waals surface area contributed by atoms with Gasteiger partial charge in [0.1, 0.15) is 0 Å². The van der Waals surface area contributed by atoms with Crippen LogP contribution >= 0.6 is 0 Å². The normalized spacial score (nSPS) is 16.1. The van der Waals surface area contributed by atoms with Gasteiger partial charge in [0.05, 0.1) is 11.4 Å². The molecule has 0 bridgehead atoms. The fraction of sp³-hybridized carbons (Fsp3) is 0.500. The molecular formula is C16H22N2O2S. The van der Waals surface area contributed by atoms with Crippen LogP contribution in [0.3, 0.4) is 0 Å². The molecule has 4 nitrogen and oxygen atoms in total. The Hall–Kier alpha value is -1.35. The van der Waals surface area contributed by atoms with E-state index in [1.54, 1.807) is 24.3 Å². The van der Waals surface area contributed by atoms with E-state index >= 15 is 0 Å². The molecule has 1 saturated carbocycles. The summed E-state index contributed by atoms with van der Waals surface area (Å²) in [5, 5.41) is 0. The average Bonchev–Trinajstić information content (AvgIpc) is 3.28. The van der Waals surface area contributed by atoms with E-state index in [1.165, 1.54) is 12.8 Å². The highest BCUT2D eigenvalue weighted by Gasteiger charge is 2.27. The number of nitrogens with one attached hydrogen (secondary N) is 1. The van der Waals surface area contributed by atoms with Crippen molar-refractivity contribution in [2.24, 2.45) is 11.7 Å². The number of nitrogens with two attached hydrogens (primary N) is 1. The van der Waals surface area contributed by atoms with E-state index < -0.39 is 10.0 Å². The molecule has 3 N–H and O–H groups in total. The first-order valence-corrected chi connectivity index (χ1v) is 8.84. The van der Waals surface area contributed by atoms with Gasteiger partial charge in [-0.05, 0) is 43.0 Å². The van der Waals surface area contributed by atoms with E-state index in [9.17, 15) is 8.42 Å². The highest BCUT2D eigenvalue weighted by Crippen LogP contribution is 2.34. The van der Waals surface area contributed by atoms with Crippen LogP contribution in [0.2, 0.25) is 0 Å². The van der Waals surface area contributed by atoms with Crippen molar-refractivity contribution in [3.05, 3.63) is 29.8 Å². The zero-order valence-corrected chi connectivity index (χ0v) is 13.1. The molecule has 2 rings (SSSR count). The highest BCUT2D eigenvalue weighted by atomic mass is 32.2. The van der Waals surface area contributed by atoms with Crippen molar-refractivity contribution >= 4 is 10.0 Å². The first-order valence-electron chi connectivity index (χ1n) is 7.36. The Morgan fingerprint density at radius 2 is 2.00 bits per heavy atom. The second-order valence-corrected chi connectivity index (χ2v) is 7.15. The van der Waals surface area contributed by atoms with Crippen LogP contribution < -0.4 is 10.5 Å². The Labute approximate surface area is 127 Å². The molecule has 1 fully saturated rings. The predicted molar refractivity (Wildman–Crippen MR) is 84.1 cm³/mol. The van der Waals surface area contributed by atoms with Gasteiger partial charge >= 0.3 is 0 Å². The Morgan fingerprint density at radius 1 is 1.33 bits per heavy atom. The molecule has 1 atom stereocenters. The summed E-state index contributed by atoms with van der Waals surface area (Å²) < 4.78 is 27.5. The molecule has 21 heavy (non-hydrogen) atoms. The van der Waals surface area contributed by atoms with Gasteiger partial charge < -0.3 is 5.73 Å². The van der Waals surface area contributed by atoms with Crippen LogP contribution in [0, 0.1) is 17.8 Å². The van der Waals surface area contributed by atoms with Gasteiger partial charge in [0.15, 0.2) is 0 Å². The van der Waals surface area contributed by atoms with E-state index in [-0.39, 0.29) is 10.9 Å². The molecule has 1 aliphatic rings. The third kappa shape index (κ3) is 4.85. The fourth-order valence-electron chi connectivity index (χ4n) is 2.21. The summed E-state index contributed by atoms with van der Waals surface area (Å²) in [6.07, 6.45) is 4.21. The largest absolute Gasteiger partial charge is 0.320 e. The molecule has 114 valence electrons. The van der Waals surface area contributed by atoms with Crippen molar-refractivity contribution in [1.29, 1.82) is 0 Å². The lowest BCUT2D eigenvalue weighted by Gasteiger charge is -2.16. The lowest BCUT2D eigenvalue weighted by atomic mass is 10.1. The topological polar surface area (TPSA) is 72.2 Å². The maximum absolute atomic E-state index is 12.4. The second-order valence-electron chi connectivity index (χ2n) is 5.44. The molecule has 1 aromatic rings. The Bertz CT molecular complexity index is 622. The summed E-state index contributed by atoms with van der Waals surface area (Å²) in [5.41, 5.74) is 6.08. The first-order chi connectivity index (χ1) is 10.0. The fourth-order valence-corrected chi connectivity index (χ4v) is 3.54. The van der Waals surface area contributed by atoms with Crippen LogP contribution in [0.4, 0.5) is 0 Å². The van der Waals surface area contributed by atoms with Crippen LogP contribution in [-0.4, -0.2) is 21.0 Å². The minimum Gasteiger partial charge on any atom is -0.320 e. The maximum Gasteiger partial charge on any atom is 0.240 e. The second kappa shape index (κ2) is 7.08. The summed E-state index contributed by atoms with van der Waals surface area (Å²) in [6.45, 7) is 2.31. The van der Waals surface area contributed by atoms with Crippen molar-refractivity contribution in [3.8, 4) is 11.8 Å². The van der Waals surface area contributed by atoms with Crippen LogP contribution in [0.5, 0.6) is 0 Å². The molecule has 0 spiro atoms. The number of hydrogen-bond donors (Lipinski definition) is 2. The monoisotopic (exact) mass is 306 g/mol. The lowest BCUT2D eigenvalue weighted by Crippen LogP contribution is -2.34. The number of benzene rings is 1. The molecule has 0 heterocycles. The summed E-state index contributed by atoms with van der Waals surface area (Å²) >= 11 is 0. The standard InChI is InChI=1S/C16H22N2O2S/c1-2-15(12-14-5-6-14)18-21(19,20)16-9-7-13(8-10-16)4-3-11-17/h7-10,14-15,18H,2,5-6,11-12,17H2,1H3. The highest BCUT2D eigenvalue weighted by molar-refractivity contribution is 7.89. The van der Waals surface area contributed by atoms with E-state index in [0.29, 0.717) is 12.5 Å². The molecule has 0 saturated heterocycles. The van der Waals surface area contributed by atoms with Gasteiger partial charge in [0, 0.05) is 11.6 Å². The minimum absolute atomic E-state index is 0.0270. The van der Waals surface area contributed by atoms with Gasteiger partial charge in [-0.15, -0.1) is 0 Å². The van der Waals surface area contributed by atoms with Gasteiger partial charge in [-0.1, -0.05) is 31.6 Å². The van der Waals surface area contributed by atoms with Crippen molar-refractivity contribution in [2.45, 2.75) is 43.5 Å². The molecule has 0 radical (unpaired) electrons. The van der Waals surface area contributed by atoms with Crippen molar-refractivity contribution in [3.63, 3.8) is 0 Å². The van der Waals surface area contributed by atoms with Crippen molar-refractivity contribution < 1.29 is 8.42 Å².